The molecule has 3 amide bonds. The van der Waals surface area contributed by atoms with Crippen molar-refractivity contribution in [1.29, 1.82) is 0 Å². The lowest BCUT2D eigenvalue weighted by Gasteiger charge is -2.24. The van der Waals surface area contributed by atoms with Gasteiger partial charge in [-0.3, -0.25) is 14.4 Å². The average Bonchev–Trinajstić information content (AvgIpc) is 3.03. The molecule has 1 aliphatic heterocycles. The summed E-state index contributed by atoms with van der Waals surface area (Å²) in [5, 5.41) is 13.5. The smallest absolute Gasteiger partial charge is 0.249 e. The van der Waals surface area contributed by atoms with E-state index in [1.165, 1.54) is 6.92 Å². The summed E-state index contributed by atoms with van der Waals surface area (Å²) in [5.41, 5.74) is 3.25. The Balaban J connectivity index is 1.65. The molecule has 1 aliphatic rings. The van der Waals surface area contributed by atoms with Gasteiger partial charge in [-0.2, -0.15) is 5.10 Å². The fourth-order valence-electron chi connectivity index (χ4n) is 3.56. The number of halogens is 1. The van der Waals surface area contributed by atoms with Crippen molar-refractivity contribution in [3.8, 4) is 11.3 Å². The quantitative estimate of drug-likeness (QED) is 0.573. The summed E-state index contributed by atoms with van der Waals surface area (Å²) in [4.78, 5) is 36.7. The molecule has 0 bridgehead atoms. The molecule has 31 heavy (non-hydrogen) atoms. The zero-order chi connectivity index (χ0) is 22.1. The third kappa shape index (κ3) is 4.29. The van der Waals surface area contributed by atoms with E-state index in [1.807, 2.05) is 19.1 Å². The highest BCUT2D eigenvalue weighted by atomic mass is 35.5. The van der Waals surface area contributed by atoms with Crippen LogP contribution in [0.4, 0.5) is 17.2 Å². The molecule has 0 saturated carbocycles. The van der Waals surface area contributed by atoms with Gasteiger partial charge in [0.25, 0.3) is 0 Å². The van der Waals surface area contributed by atoms with Gasteiger partial charge in [0.2, 0.25) is 17.7 Å². The third-order valence-electron chi connectivity index (χ3n) is 4.93. The first-order chi connectivity index (χ1) is 14.8. The van der Waals surface area contributed by atoms with Crippen LogP contribution in [-0.2, 0) is 14.4 Å². The van der Waals surface area contributed by atoms with Crippen molar-refractivity contribution in [3.63, 3.8) is 0 Å². The van der Waals surface area contributed by atoms with Crippen LogP contribution in [0.25, 0.3) is 11.3 Å². The minimum absolute atomic E-state index is 0.0413. The molecule has 0 saturated heterocycles. The highest BCUT2D eigenvalue weighted by Crippen LogP contribution is 2.35. The van der Waals surface area contributed by atoms with Gasteiger partial charge in [0.05, 0.1) is 12.1 Å². The first kappa shape index (κ1) is 20.6. The van der Waals surface area contributed by atoms with Crippen LogP contribution in [0.5, 0.6) is 0 Å². The Morgan fingerprint density at radius 1 is 1.13 bits per heavy atom. The van der Waals surface area contributed by atoms with E-state index in [2.05, 4.69) is 21.0 Å². The van der Waals surface area contributed by atoms with Crippen molar-refractivity contribution in [1.82, 2.24) is 9.78 Å². The van der Waals surface area contributed by atoms with Crippen molar-refractivity contribution in [3.05, 3.63) is 59.1 Å². The fraction of sp³-hybridized carbons (Fsp3) is 0.182. The SMILES string of the molecule is CC(=O)Nc1cccc(NC(=O)[C@@H]2CC(=O)Nc3c(C)c(-c4cccc(Cl)c4)nn32)c1. The minimum atomic E-state index is -0.820. The van der Waals surface area contributed by atoms with Gasteiger partial charge < -0.3 is 16.0 Å². The van der Waals surface area contributed by atoms with E-state index in [-0.39, 0.29) is 24.1 Å². The Hall–Kier alpha value is -3.65. The zero-order valence-electron chi connectivity index (χ0n) is 16.9. The zero-order valence-corrected chi connectivity index (χ0v) is 17.7. The largest absolute Gasteiger partial charge is 0.326 e. The molecule has 1 aromatic heterocycles. The molecule has 3 N–H and O–H groups in total. The molecular formula is C22H20ClN5O3. The molecular weight excluding hydrogens is 418 g/mol. The van der Waals surface area contributed by atoms with Gasteiger partial charge in [-0.15, -0.1) is 0 Å². The first-order valence-electron chi connectivity index (χ1n) is 9.65. The number of carbonyl (C=O) groups excluding carboxylic acids is 3. The number of nitrogens with one attached hydrogen (secondary N) is 3. The van der Waals surface area contributed by atoms with Gasteiger partial charge in [-0.1, -0.05) is 29.8 Å². The number of amides is 3. The predicted octanol–water partition coefficient (Wildman–Crippen LogP) is 3.99. The molecule has 8 nitrogen and oxygen atoms in total. The van der Waals surface area contributed by atoms with Crippen molar-refractivity contribution < 1.29 is 14.4 Å². The summed E-state index contributed by atoms with van der Waals surface area (Å²) in [7, 11) is 0. The van der Waals surface area contributed by atoms with Crippen molar-refractivity contribution in [2.75, 3.05) is 16.0 Å². The molecule has 0 aliphatic carbocycles. The van der Waals surface area contributed by atoms with Gasteiger partial charge >= 0.3 is 0 Å². The average molecular weight is 438 g/mol. The lowest BCUT2D eigenvalue weighted by Crippen LogP contribution is -2.35. The van der Waals surface area contributed by atoms with Crippen LogP contribution >= 0.6 is 11.6 Å². The molecule has 4 rings (SSSR count). The van der Waals surface area contributed by atoms with Gasteiger partial charge in [-0.05, 0) is 37.3 Å². The summed E-state index contributed by atoms with van der Waals surface area (Å²) in [6, 6.07) is 13.2. The maximum atomic E-state index is 13.1. The van der Waals surface area contributed by atoms with E-state index in [1.54, 1.807) is 41.1 Å². The van der Waals surface area contributed by atoms with Gasteiger partial charge in [0.1, 0.15) is 11.9 Å². The Labute approximate surface area is 183 Å². The molecule has 0 fully saturated rings. The summed E-state index contributed by atoms with van der Waals surface area (Å²) >= 11 is 6.12. The van der Waals surface area contributed by atoms with Crippen LogP contribution in [-0.4, -0.2) is 27.5 Å². The van der Waals surface area contributed by atoms with Crippen LogP contribution in [0.2, 0.25) is 5.02 Å². The number of fused-ring (bicyclic) bond motifs is 1. The van der Waals surface area contributed by atoms with Gasteiger partial charge in [-0.25, -0.2) is 4.68 Å². The fourth-order valence-corrected chi connectivity index (χ4v) is 3.75. The highest BCUT2D eigenvalue weighted by molar-refractivity contribution is 6.30. The van der Waals surface area contributed by atoms with Crippen LogP contribution in [0.15, 0.2) is 48.5 Å². The van der Waals surface area contributed by atoms with E-state index in [9.17, 15) is 14.4 Å². The highest BCUT2D eigenvalue weighted by Gasteiger charge is 2.34. The second-order valence-electron chi connectivity index (χ2n) is 7.30. The number of hydrogen-bond donors (Lipinski definition) is 3. The number of anilines is 3. The molecule has 0 spiro atoms. The predicted molar refractivity (Wildman–Crippen MR) is 119 cm³/mol. The van der Waals surface area contributed by atoms with E-state index >= 15 is 0 Å². The molecule has 9 heteroatoms. The Bertz CT molecular complexity index is 1200. The molecule has 0 unspecified atom stereocenters. The monoisotopic (exact) mass is 437 g/mol. The summed E-state index contributed by atoms with van der Waals surface area (Å²) < 4.78 is 1.54. The van der Waals surface area contributed by atoms with E-state index in [0.717, 1.165) is 11.1 Å². The maximum absolute atomic E-state index is 13.1. The summed E-state index contributed by atoms with van der Waals surface area (Å²) in [6.07, 6.45) is -0.0413. The Kier molecular flexibility index (Phi) is 5.48. The number of carbonyl (C=O) groups is 3. The van der Waals surface area contributed by atoms with Crippen LogP contribution in [0.3, 0.4) is 0 Å². The van der Waals surface area contributed by atoms with Crippen LogP contribution in [0.1, 0.15) is 24.9 Å². The Morgan fingerprint density at radius 3 is 2.55 bits per heavy atom. The lowest BCUT2D eigenvalue weighted by molar-refractivity contribution is -0.125. The molecule has 3 aromatic rings. The van der Waals surface area contributed by atoms with E-state index in [4.69, 9.17) is 11.6 Å². The Morgan fingerprint density at radius 2 is 1.84 bits per heavy atom. The maximum Gasteiger partial charge on any atom is 0.249 e. The third-order valence-corrected chi connectivity index (χ3v) is 5.17. The number of benzene rings is 2. The molecule has 0 radical (unpaired) electrons. The topological polar surface area (TPSA) is 105 Å². The standard InChI is InChI=1S/C22H20ClN5O3/c1-12-20(14-5-3-6-15(23)9-14)27-28-18(11-19(30)26-21(12)28)22(31)25-17-8-4-7-16(10-17)24-13(2)29/h3-10,18H,11H2,1-2H3,(H,24,29)(H,25,31)(H,26,30)/t18-/m0/s1. The van der Waals surface area contributed by atoms with E-state index in [0.29, 0.717) is 27.9 Å². The van der Waals surface area contributed by atoms with Crippen LogP contribution in [0, 0.1) is 6.92 Å². The van der Waals surface area contributed by atoms with Crippen LogP contribution < -0.4 is 16.0 Å². The normalized spacial score (nSPS) is 15.1. The van der Waals surface area contributed by atoms with Crippen molar-refractivity contribution in [2.24, 2.45) is 0 Å². The number of rotatable bonds is 4. The molecule has 2 aromatic carbocycles. The minimum Gasteiger partial charge on any atom is -0.326 e. The number of aromatic nitrogens is 2. The first-order valence-corrected chi connectivity index (χ1v) is 10.0. The van der Waals surface area contributed by atoms with Crippen molar-refractivity contribution >= 4 is 46.5 Å². The lowest BCUT2D eigenvalue weighted by atomic mass is 10.1. The van der Waals surface area contributed by atoms with Gasteiger partial charge in [0.15, 0.2) is 0 Å². The summed E-state index contributed by atoms with van der Waals surface area (Å²) in [5.74, 6) is -0.368. The molecule has 1 atom stereocenters. The molecule has 2 heterocycles. The number of hydrogen-bond acceptors (Lipinski definition) is 4. The molecule has 158 valence electrons. The van der Waals surface area contributed by atoms with E-state index < -0.39 is 6.04 Å². The number of nitrogens with zero attached hydrogens (tertiary/aromatic N) is 2. The second kappa shape index (κ2) is 8.23. The van der Waals surface area contributed by atoms with Gasteiger partial charge in [0, 0.05) is 34.4 Å². The summed E-state index contributed by atoms with van der Waals surface area (Å²) in [6.45, 7) is 3.25. The van der Waals surface area contributed by atoms with Crippen molar-refractivity contribution in [2.45, 2.75) is 26.3 Å². The second-order valence-corrected chi connectivity index (χ2v) is 7.73.